The van der Waals surface area contributed by atoms with Crippen LogP contribution in [0.2, 0.25) is 0 Å². The van der Waals surface area contributed by atoms with Gasteiger partial charge in [-0.25, -0.2) is 4.79 Å². The SMILES string of the molecule is O=C(O)OC(Cl)(Cl)CCl. The van der Waals surface area contributed by atoms with Crippen LogP contribution in [0.5, 0.6) is 0 Å². The van der Waals surface area contributed by atoms with E-state index in [1.54, 1.807) is 0 Å². The van der Waals surface area contributed by atoms with Gasteiger partial charge in [-0.15, -0.1) is 11.6 Å². The van der Waals surface area contributed by atoms with E-state index < -0.39 is 10.7 Å². The minimum atomic E-state index is -1.83. The van der Waals surface area contributed by atoms with Crippen LogP contribution in [0.15, 0.2) is 0 Å². The topological polar surface area (TPSA) is 46.5 Å². The molecule has 0 aromatic carbocycles. The summed E-state index contributed by atoms with van der Waals surface area (Å²) in [4.78, 5) is 9.72. The molecule has 3 nitrogen and oxygen atoms in total. The molecule has 0 bridgehead atoms. The van der Waals surface area contributed by atoms with Crippen LogP contribution < -0.4 is 0 Å². The summed E-state index contributed by atoms with van der Waals surface area (Å²) in [5.41, 5.74) is 0. The van der Waals surface area contributed by atoms with Crippen molar-refractivity contribution in [2.75, 3.05) is 5.88 Å². The molecule has 54 valence electrons. The van der Waals surface area contributed by atoms with Gasteiger partial charge < -0.3 is 9.84 Å². The molecule has 0 aliphatic carbocycles. The molecule has 0 aromatic heterocycles. The van der Waals surface area contributed by atoms with Crippen LogP contribution in [0, 0.1) is 0 Å². The summed E-state index contributed by atoms with van der Waals surface area (Å²) in [6, 6.07) is 0. The highest BCUT2D eigenvalue weighted by molar-refractivity contribution is 6.50. The Morgan fingerprint density at radius 3 is 2.22 bits per heavy atom. The number of ether oxygens (including phenoxy) is 1. The average molecular weight is 193 g/mol. The Bertz CT molecular complexity index is 113. The summed E-state index contributed by atoms with van der Waals surface area (Å²) in [7, 11) is 0. The maximum atomic E-state index is 9.72. The predicted molar refractivity (Wildman–Crippen MR) is 34.3 cm³/mol. The molecule has 0 spiro atoms. The smallest absolute Gasteiger partial charge is 0.450 e. The van der Waals surface area contributed by atoms with Gasteiger partial charge in [-0.3, -0.25) is 0 Å². The zero-order valence-electron chi connectivity index (χ0n) is 4.10. The molecule has 9 heavy (non-hydrogen) atoms. The first-order valence-corrected chi connectivity index (χ1v) is 3.13. The lowest BCUT2D eigenvalue weighted by Gasteiger charge is -2.12. The summed E-state index contributed by atoms with van der Waals surface area (Å²) in [6.07, 6.45) is -1.55. The fourth-order valence-corrected chi connectivity index (χ4v) is 0.342. The Morgan fingerprint density at radius 1 is 1.67 bits per heavy atom. The minimum absolute atomic E-state index is 0.303. The Labute approximate surface area is 66.4 Å². The fourth-order valence-electron chi connectivity index (χ4n) is 0.155. The van der Waals surface area contributed by atoms with E-state index in [1.165, 1.54) is 0 Å². The van der Waals surface area contributed by atoms with Gasteiger partial charge in [-0.1, -0.05) is 23.2 Å². The van der Waals surface area contributed by atoms with Crippen molar-refractivity contribution in [3.8, 4) is 0 Å². The van der Waals surface area contributed by atoms with Gasteiger partial charge in [0.15, 0.2) is 0 Å². The monoisotopic (exact) mass is 192 g/mol. The first-order chi connectivity index (χ1) is 3.98. The van der Waals surface area contributed by atoms with E-state index in [0.717, 1.165) is 0 Å². The number of alkyl halides is 3. The summed E-state index contributed by atoms with van der Waals surface area (Å²) in [5.74, 6) is -0.303. The number of rotatable bonds is 2. The van der Waals surface area contributed by atoms with Crippen molar-refractivity contribution in [1.29, 1.82) is 0 Å². The third-order valence-corrected chi connectivity index (χ3v) is 1.46. The second-order valence-corrected chi connectivity index (χ2v) is 2.82. The molecule has 0 saturated carbocycles. The number of hydrogen-bond acceptors (Lipinski definition) is 2. The molecular weight excluding hydrogens is 190 g/mol. The van der Waals surface area contributed by atoms with E-state index in [0.29, 0.717) is 0 Å². The molecule has 1 N–H and O–H groups in total. The molecular formula is C3H3Cl3O3. The summed E-state index contributed by atoms with van der Waals surface area (Å²) >= 11 is 15.4. The van der Waals surface area contributed by atoms with Gasteiger partial charge in [0.05, 0.1) is 5.88 Å². The van der Waals surface area contributed by atoms with Crippen molar-refractivity contribution >= 4 is 41.0 Å². The van der Waals surface area contributed by atoms with Crippen LogP contribution in [0.3, 0.4) is 0 Å². The van der Waals surface area contributed by atoms with E-state index in [9.17, 15) is 4.79 Å². The first kappa shape index (κ1) is 9.14. The van der Waals surface area contributed by atoms with Gasteiger partial charge in [0.2, 0.25) is 0 Å². The third kappa shape index (κ3) is 4.63. The van der Waals surface area contributed by atoms with E-state index in [2.05, 4.69) is 4.74 Å². The zero-order valence-corrected chi connectivity index (χ0v) is 6.37. The molecule has 0 unspecified atom stereocenters. The Kier molecular flexibility index (Phi) is 3.40. The lowest BCUT2D eigenvalue weighted by Crippen LogP contribution is -2.22. The quantitative estimate of drug-likeness (QED) is 0.539. The molecule has 0 amide bonds. The van der Waals surface area contributed by atoms with Crippen molar-refractivity contribution in [1.82, 2.24) is 0 Å². The Hall–Kier alpha value is 0.140. The summed E-state index contributed by atoms with van der Waals surface area (Å²) in [5, 5.41) is 7.93. The first-order valence-electron chi connectivity index (χ1n) is 1.83. The van der Waals surface area contributed by atoms with Gasteiger partial charge in [-0.2, -0.15) is 0 Å². The van der Waals surface area contributed by atoms with E-state index in [4.69, 9.17) is 39.9 Å². The summed E-state index contributed by atoms with van der Waals surface area (Å²) < 4.78 is 2.08. The molecule has 0 atom stereocenters. The normalized spacial score (nSPS) is 11.0. The summed E-state index contributed by atoms with van der Waals surface area (Å²) in [6.45, 7) is 0. The van der Waals surface area contributed by atoms with E-state index in [1.807, 2.05) is 0 Å². The molecule has 0 aliphatic heterocycles. The van der Waals surface area contributed by atoms with E-state index in [-0.39, 0.29) is 5.88 Å². The van der Waals surface area contributed by atoms with Gasteiger partial charge >= 0.3 is 6.16 Å². The number of hydrogen-bond donors (Lipinski definition) is 1. The van der Waals surface area contributed by atoms with Gasteiger partial charge in [0.1, 0.15) is 0 Å². The maximum Gasteiger partial charge on any atom is 0.508 e. The number of halogens is 3. The van der Waals surface area contributed by atoms with Crippen LogP contribution in [-0.2, 0) is 4.74 Å². The van der Waals surface area contributed by atoms with Crippen LogP contribution in [0.1, 0.15) is 0 Å². The fraction of sp³-hybridized carbons (Fsp3) is 0.667. The molecule has 0 rings (SSSR count). The van der Waals surface area contributed by atoms with Gasteiger partial charge in [0, 0.05) is 0 Å². The molecule has 0 heterocycles. The molecule has 0 aromatic rings. The highest BCUT2D eigenvalue weighted by Crippen LogP contribution is 2.23. The lowest BCUT2D eigenvalue weighted by atomic mass is 10.8. The predicted octanol–water partition coefficient (Wildman–Crippen LogP) is 2.05. The Morgan fingerprint density at radius 2 is 2.11 bits per heavy atom. The maximum absolute atomic E-state index is 9.72. The average Bonchev–Trinajstić information content (AvgIpc) is 1.63. The largest absolute Gasteiger partial charge is 0.508 e. The Balaban J connectivity index is 3.71. The standard InChI is InChI=1S/C3H3Cl3O3/c4-1-3(5,6)9-2(7)8/h1H2,(H,7,8). The van der Waals surface area contributed by atoms with Crippen molar-refractivity contribution in [3.63, 3.8) is 0 Å². The zero-order chi connectivity index (χ0) is 7.49. The molecule has 0 radical (unpaired) electrons. The van der Waals surface area contributed by atoms with Crippen molar-refractivity contribution in [2.45, 2.75) is 4.52 Å². The second-order valence-electron chi connectivity index (χ2n) is 1.14. The number of carboxylic acid groups (broad SMARTS) is 1. The van der Waals surface area contributed by atoms with Crippen LogP contribution >= 0.6 is 34.8 Å². The highest BCUT2D eigenvalue weighted by atomic mass is 35.5. The highest BCUT2D eigenvalue weighted by Gasteiger charge is 2.27. The van der Waals surface area contributed by atoms with Crippen LogP contribution in [0.25, 0.3) is 0 Å². The van der Waals surface area contributed by atoms with Crippen molar-refractivity contribution in [3.05, 3.63) is 0 Å². The lowest BCUT2D eigenvalue weighted by molar-refractivity contribution is 0.0729. The molecule has 0 aliphatic rings. The third-order valence-electron chi connectivity index (χ3n) is 0.392. The molecule has 0 fully saturated rings. The molecule has 0 saturated heterocycles. The van der Waals surface area contributed by atoms with Crippen molar-refractivity contribution < 1.29 is 14.6 Å². The minimum Gasteiger partial charge on any atom is -0.450 e. The number of carbonyl (C=O) groups is 1. The van der Waals surface area contributed by atoms with Crippen molar-refractivity contribution in [2.24, 2.45) is 0 Å². The van der Waals surface area contributed by atoms with E-state index >= 15 is 0 Å². The van der Waals surface area contributed by atoms with Crippen LogP contribution in [0.4, 0.5) is 4.79 Å². The van der Waals surface area contributed by atoms with Gasteiger partial charge in [0.25, 0.3) is 4.52 Å². The van der Waals surface area contributed by atoms with Gasteiger partial charge in [-0.05, 0) is 0 Å². The second kappa shape index (κ2) is 3.34. The van der Waals surface area contributed by atoms with Crippen LogP contribution in [-0.4, -0.2) is 21.7 Å². The molecule has 6 heteroatoms.